The Morgan fingerprint density at radius 1 is 1.28 bits per heavy atom. The minimum Gasteiger partial charge on any atom is -0.487 e. The fraction of sp³-hybridized carbons (Fsp3) is 0.579. The van der Waals surface area contributed by atoms with Crippen LogP contribution < -0.4 is 16.2 Å². The molecule has 0 spiro atoms. The Hall–Kier alpha value is -2.33. The van der Waals surface area contributed by atoms with Crippen LogP contribution in [0.5, 0.6) is 5.75 Å². The van der Waals surface area contributed by atoms with Crippen LogP contribution in [0.25, 0.3) is 0 Å². The number of hydrogen-bond donors (Lipinski definition) is 4. The molecule has 1 aliphatic heterocycles. The smallest absolute Gasteiger partial charge is 0.320 e. The first kappa shape index (κ1) is 23.0. The van der Waals surface area contributed by atoms with E-state index in [2.05, 4.69) is 0 Å². The molecule has 1 atom stereocenters. The third kappa shape index (κ3) is 4.32. The molecule has 1 unspecified atom stereocenters. The second-order valence-corrected chi connectivity index (χ2v) is 9.90. The summed E-state index contributed by atoms with van der Waals surface area (Å²) in [5.41, 5.74) is 13.4. The number of nitrogens with one attached hydrogen (secondary N) is 1. The average molecular weight is 427 g/mol. The van der Waals surface area contributed by atoms with Crippen molar-refractivity contribution >= 4 is 22.0 Å². The van der Waals surface area contributed by atoms with Gasteiger partial charge in [-0.25, -0.2) is 12.7 Å². The lowest BCUT2D eigenvalue weighted by Gasteiger charge is -2.26. The minimum absolute atomic E-state index is 0.0673. The van der Waals surface area contributed by atoms with Crippen LogP contribution in [0.15, 0.2) is 4.90 Å². The van der Waals surface area contributed by atoms with Crippen LogP contribution >= 0.6 is 0 Å². The van der Waals surface area contributed by atoms with E-state index in [0.29, 0.717) is 23.3 Å². The van der Waals surface area contributed by atoms with E-state index < -0.39 is 33.6 Å². The maximum Gasteiger partial charge on any atom is 0.320 e. The molecule has 162 valence electrons. The normalized spacial score (nSPS) is 16.1. The maximum absolute atomic E-state index is 13.5. The first-order chi connectivity index (χ1) is 13.2. The molecule has 1 heterocycles. The van der Waals surface area contributed by atoms with Gasteiger partial charge in [0, 0.05) is 18.5 Å². The molecule has 0 saturated heterocycles. The predicted molar refractivity (Wildman–Crippen MR) is 110 cm³/mol. The van der Waals surface area contributed by atoms with E-state index in [-0.39, 0.29) is 24.3 Å². The molecule has 9 nitrogen and oxygen atoms in total. The van der Waals surface area contributed by atoms with Crippen LogP contribution in [0.3, 0.4) is 0 Å². The minimum atomic E-state index is -4.12. The number of carboxylic acids is 1. The summed E-state index contributed by atoms with van der Waals surface area (Å²) < 4.78 is 33.8. The summed E-state index contributed by atoms with van der Waals surface area (Å²) in [5, 5.41) is 16.7. The van der Waals surface area contributed by atoms with Gasteiger partial charge in [0.05, 0.1) is 4.90 Å². The lowest BCUT2D eigenvalue weighted by molar-refractivity contribution is -0.138. The third-order valence-corrected chi connectivity index (χ3v) is 7.39. The Labute approximate surface area is 171 Å². The fourth-order valence-electron chi connectivity index (χ4n) is 3.69. The number of hydrogen-bond acceptors (Lipinski definition) is 6. The Kier molecular flexibility index (Phi) is 6.20. The van der Waals surface area contributed by atoms with Crippen LogP contribution in [0.1, 0.15) is 48.9 Å². The summed E-state index contributed by atoms with van der Waals surface area (Å²) in [6.07, 6.45) is 0.799. The first-order valence-corrected chi connectivity index (χ1v) is 10.8. The van der Waals surface area contributed by atoms with Crippen LogP contribution in [-0.2, 0) is 21.2 Å². The van der Waals surface area contributed by atoms with Gasteiger partial charge in [-0.05, 0) is 64.2 Å². The van der Waals surface area contributed by atoms with E-state index in [4.69, 9.17) is 26.7 Å². The van der Waals surface area contributed by atoms with Gasteiger partial charge in [0.2, 0.25) is 5.96 Å². The van der Waals surface area contributed by atoms with Crippen LogP contribution in [-0.4, -0.2) is 47.9 Å². The van der Waals surface area contributed by atoms with Crippen LogP contribution in [0, 0.1) is 26.2 Å². The van der Waals surface area contributed by atoms with Crippen molar-refractivity contribution in [3.05, 3.63) is 22.3 Å². The number of nitrogens with two attached hydrogens (primary N) is 2. The number of benzene rings is 1. The van der Waals surface area contributed by atoms with Crippen molar-refractivity contribution in [2.75, 3.05) is 6.54 Å². The zero-order chi connectivity index (χ0) is 22.3. The fourth-order valence-corrected chi connectivity index (χ4v) is 5.59. The van der Waals surface area contributed by atoms with E-state index in [9.17, 15) is 13.2 Å². The standard InChI is InChI=1S/C19H30N4O5S/c1-10-11(2)16(12(3)13-9-19(4,5)28-15(10)13)29(26,27)23(18(21)22)8-6-7-14(20)17(24)25/h14H,6-9,20H2,1-5H3,(H3,21,22)(H,24,25). The van der Waals surface area contributed by atoms with E-state index in [1.807, 2.05) is 20.8 Å². The number of fused-ring (bicyclic) bond motifs is 1. The zero-order valence-electron chi connectivity index (χ0n) is 17.5. The molecule has 1 aromatic rings. The predicted octanol–water partition coefficient (Wildman–Crippen LogP) is 1.40. The van der Waals surface area contributed by atoms with Crippen molar-refractivity contribution in [3.63, 3.8) is 0 Å². The van der Waals surface area contributed by atoms with Crippen LogP contribution in [0.2, 0.25) is 0 Å². The number of carboxylic acid groups (broad SMARTS) is 1. The third-order valence-electron chi connectivity index (χ3n) is 5.30. The summed E-state index contributed by atoms with van der Waals surface area (Å²) in [6.45, 7) is 9.03. The topological polar surface area (TPSA) is 160 Å². The van der Waals surface area contributed by atoms with E-state index in [0.717, 1.165) is 15.4 Å². The van der Waals surface area contributed by atoms with Crippen molar-refractivity contribution in [2.45, 2.75) is 70.4 Å². The molecule has 2 rings (SSSR count). The second kappa shape index (κ2) is 7.83. The van der Waals surface area contributed by atoms with Gasteiger partial charge in [0.15, 0.2) is 0 Å². The molecule has 6 N–H and O–H groups in total. The maximum atomic E-state index is 13.5. The summed E-state index contributed by atoms with van der Waals surface area (Å²) in [6, 6.07) is -1.10. The average Bonchev–Trinajstić information content (AvgIpc) is 2.91. The van der Waals surface area contributed by atoms with E-state index in [1.54, 1.807) is 13.8 Å². The summed E-state index contributed by atoms with van der Waals surface area (Å²) in [7, 11) is -4.12. The number of ether oxygens (including phenoxy) is 1. The van der Waals surface area contributed by atoms with Gasteiger partial charge < -0.3 is 21.3 Å². The molecule has 0 radical (unpaired) electrons. The summed E-state index contributed by atoms with van der Waals surface area (Å²) in [5.74, 6) is -1.07. The van der Waals surface area contributed by atoms with Crippen molar-refractivity contribution < 1.29 is 23.1 Å². The summed E-state index contributed by atoms with van der Waals surface area (Å²) >= 11 is 0. The van der Waals surface area contributed by atoms with Crippen molar-refractivity contribution in [1.82, 2.24) is 4.31 Å². The van der Waals surface area contributed by atoms with Crippen LogP contribution in [0.4, 0.5) is 0 Å². The molecule has 0 amide bonds. The number of aliphatic carboxylic acids is 1. The molecule has 29 heavy (non-hydrogen) atoms. The molecule has 1 aromatic carbocycles. The van der Waals surface area contributed by atoms with Gasteiger partial charge in [0.25, 0.3) is 10.0 Å². The summed E-state index contributed by atoms with van der Waals surface area (Å²) in [4.78, 5) is 11.0. The molecule has 0 fully saturated rings. The van der Waals surface area contributed by atoms with Gasteiger partial charge in [-0.1, -0.05) is 0 Å². The highest BCUT2D eigenvalue weighted by molar-refractivity contribution is 7.89. The molecule has 0 bridgehead atoms. The monoisotopic (exact) mass is 426 g/mol. The van der Waals surface area contributed by atoms with E-state index in [1.165, 1.54) is 0 Å². The lowest BCUT2D eigenvalue weighted by Crippen LogP contribution is -2.43. The first-order valence-electron chi connectivity index (χ1n) is 9.37. The Morgan fingerprint density at radius 2 is 1.86 bits per heavy atom. The van der Waals surface area contributed by atoms with Crippen molar-refractivity contribution in [2.24, 2.45) is 11.5 Å². The quantitative estimate of drug-likeness (QED) is 0.378. The molecule has 0 aromatic heterocycles. The van der Waals surface area contributed by atoms with Gasteiger partial charge >= 0.3 is 5.97 Å². The van der Waals surface area contributed by atoms with E-state index >= 15 is 0 Å². The number of rotatable bonds is 7. The Bertz CT molecular complexity index is 956. The van der Waals surface area contributed by atoms with Crippen molar-refractivity contribution in [3.8, 4) is 5.75 Å². The molecule has 1 aliphatic rings. The van der Waals surface area contributed by atoms with Gasteiger partial charge in [0.1, 0.15) is 17.4 Å². The zero-order valence-corrected chi connectivity index (χ0v) is 18.3. The second-order valence-electron chi connectivity index (χ2n) is 8.10. The van der Waals surface area contributed by atoms with Gasteiger partial charge in [-0.2, -0.15) is 0 Å². The number of nitrogens with zero attached hydrogens (tertiary/aromatic N) is 1. The highest BCUT2D eigenvalue weighted by atomic mass is 32.2. The van der Waals surface area contributed by atoms with Gasteiger partial charge in [-0.3, -0.25) is 10.2 Å². The highest BCUT2D eigenvalue weighted by Gasteiger charge is 2.38. The highest BCUT2D eigenvalue weighted by Crippen LogP contribution is 2.44. The number of carbonyl (C=O) groups is 1. The molecular weight excluding hydrogens is 396 g/mol. The molecular formula is C19H30N4O5S. The van der Waals surface area contributed by atoms with Gasteiger partial charge in [-0.15, -0.1) is 0 Å². The Morgan fingerprint density at radius 3 is 2.38 bits per heavy atom. The molecule has 10 heteroatoms. The number of sulfonamides is 1. The Balaban J connectivity index is 2.47. The van der Waals surface area contributed by atoms with Crippen molar-refractivity contribution in [1.29, 1.82) is 5.41 Å². The lowest BCUT2D eigenvalue weighted by atomic mass is 9.94. The molecule has 0 saturated carbocycles. The molecule has 0 aliphatic carbocycles. The SMILES string of the molecule is Cc1c(C)c(S(=O)(=O)N(CCCC(N)C(=O)O)C(=N)N)c(C)c2c1OC(C)(C)C2. The number of guanidine groups is 1. The largest absolute Gasteiger partial charge is 0.487 e.